The van der Waals surface area contributed by atoms with Crippen LogP contribution >= 0.6 is 0 Å². The number of allylic oxidation sites excluding steroid dienone is 2. The Morgan fingerprint density at radius 2 is 0.868 bits per heavy atom. The molecule has 1 nitrogen and oxygen atoms in total. The monoisotopic (exact) mass is 681 g/mol. The molecular weight excluding hydrogens is 639 g/mol. The van der Waals surface area contributed by atoms with Crippen LogP contribution in [-0.4, -0.2) is 0 Å². The Morgan fingerprint density at radius 3 is 1.43 bits per heavy atom. The Bertz CT molecular complexity index is 2280. The summed E-state index contributed by atoms with van der Waals surface area (Å²) >= 11 is 0. The van der Waals surface area contributed by atoms with Crippen molar-refractivity contribution in [3.8, 4) is 0 Å². The smallest absolute Gasteiger partial charge is 0.0467 e. The van der Waals surface area contributed by atoms with Gasteiger partial charge >= 0.3 is 0 Å². The topological polar surface area (TPSA) is 3.24 Å². The van der Waals surface area contributed by atoms with E-state index in [1.807, 2.05) is 0 Å². The number of benzene rings is 7. The zero-order chi connectivity index (χ0) is 35.7. The summed E-state index contributed by atoms with van der Waals surface area (Å²) in [5.41, 5.74) is 15.9. The maximum absolute atomic E-state index is 2.42. The molecule has 8 rings (SSSR count). The van der Waals surface area contributed by atoms with E-state index in [-0.39, 0.29) is 0 Å². The van der Waals surface area contributed by atoms with Crippen molar-refractivity contribution in [1.82, 2.24) is 0 Å². The van der Waals surface area contributed by atoms with Gasteiger partial charge in [-0.25, -0.2) is 0 Å². The molecule has 7 aromatic rings. The van der Waals surface area contributed by atoms with Crippen LogP contribution in [0.2, 0.25) is 0 Å². The number of anilines is 3. The van der Waals surface area contributed by atoms with Gasteiger partial charge in [-0.15, -0.1) is 0 Å². The number of hydrogen-bond donors (Lipinski definition) is 0. The van der Waals surface area contributed by atoms with Gasteiger partial charge in [0.1, 0.15) is 0 Å². The highest BCUT2D eigenvalue weighted by Gasteiger charge is 2.17. The third-order valence-corrected chi connectivity index (χ3v) is 10.0. The van der Waals surface area contributed by atoms with E-state index in [1.54, 1.807) is 0 Å². The van der Waals surface area contributed by atoms with E-state index in [9.17, 15) is 0 Å². The maximum atomic E-state index is 2.42. The molecule has 0 spiro atoms. The molecule has 256 valence electrons. The fourth-order valence-electron chi connectivity index (χ4n) is 7.41. The van der Waals surface area contributed by atoms with E-state index in [0.717, 1.165) is 28.9 Å². The lowest BCUT2D eigenvalue weighted by Crippen LogP contribution is -2.12. The van der Waals surface area contributed by atoms with Crippen molar-refractivity contribution in [3.05, 3.63) is 245 Å². The standard InChI is InChI=1S/C52H43N/c1-5-22-43(23-6-1)51(44-24-7-2-8-25-44)33-17-19-40-18-15-31-48(36-40)53(50-35-34-42-21-13-14-30-47(42)39-50)49-32-16-20-41(37-49)38-52(45-26-9-3-10-27-45)46-28-11-4-12-29-46/h1-12,15-20,22-29,31-39H,13-14,21,30H2/b19-17+. The van der Waals surface area contributed by atoms with E-state index >= 15 is 0 Å². The van der Waals surface area contributed by atoms with Crippen LogP contribution in [-0.2, 0) is 12.8 Å². The van der Waals surface area contributed by atoms with Crippen LogP contribution in [0, 0.1) is 0 Å². The Balaban J connectivity index is 1.20. The van der Waals surface area contributed by atoms with Crippen molar-refractivity contribution in [2.45, 2.75) is 25.7 Å². The summed E-state index contributed by atoms with van der Waals surface area (Å²) in [4.78, 5) is 2.42. The second kappa shape index (κ2) is 16.3. The van der Waals surface area contributed by atoms with Crippen molar-refractivity contribution >= 4 is 40.4 Å². The minimum absolute atomic E-state index is 1.13. The van der Waals surface area contributed by atoms with Crippen LogP contribution in [0.15, 0.2) is 200 Å². The summed E-state index contributed by atoms with van der Waals surface area (Å²) in [5, 5.41) is 0. The quantitative estimate of drug-likeness (QED) is 0.103. The van der Waals surface area contributed by atoms with Crippen LogP contribution in [0.4, 0.5) is 17.1 Å². The molecule has 0 aromatic heterocycles. The molecule has 0 heterocycles. The Hall–Kier alpha value is -6.44. The fourth-order valence-corrected chi connectivity index (χ4v) is 7.41. The fraction of sp³-hybridized carbons (Fsp3) is 0.0769. The second-order valence-electron chi connectivity index (χ2n) is 13.6. The highest BCUT2D eigenvalue weighted by Crippen LogP contribution is 2.38. The van der Waals surface area contributed by atoms with Gasteiger partial charge in [-0.05, 0) is 124 Å². The van der Waals surface area contributed by atoms with E-state index in [0.29, 0.717) is 0 Å². The lowest BCUT2D eigenvalue weighted by atomic mass is 9.91. The zero-order valence-electron chi connectivity index (χ0n) is 30.0. The molecule has 7 aromatic carbocycles. The number of fused-ring (bicyclic) bond motifs is 1. The third kappa shape index (κ3) is 8.06. The molecular formula is C52H43N. The summed E-state index contributed by atoms with van der Waals surface area (Å²) in [6.45, 7) is 0. The minimum Gasteiger partial charge on any atom is -0.310 e. The second-order valence-corrected chi connectivity index (χ2v) is 13.6. The highest BCUT2D eigenvalue weighted by atomic mass is 15.1. The maximum Gasteiger partial charge on any atom is 0.0467 e. The number of aryl methyl sites for hydroxylation is 2. The van der Waals surface area contributed by atoms with Crippen LogP contribution < -0.4 is 4.90 Å². The predicted molar refractivity (Wildman–Crippen MR) is 227 cm³/mol. The van der Waals surface area contributed by atoms with Gasteiger partial charge in [0.2, 0.25) is 0 Å². The molecule has 0 saturated heterocycles. The highest BCUT2D eigenvalue weighted by molar-refractivity contribution is 5.92. The van der Waals surface area contributed by atoms with Crippen LogP contribution in [0.1, 0.15) is 57.3 Å². The Morgan fingerprint density at radius 1 is 0.396 bits per heavy atom. The molecule has 1 aliphatic rings. The van der Waals surface area contributed by atoms with Gasteiger partial charge in [0.05, 0.1) is 0 Å². The molecule has 1 heteroatoms. The molecule has 0 fully saturated rings. The normalized spacial score (nSPS) is 12.2. The zero-order valence-corrected chi connectivity index (χ0v) is 30.0. The first-order valence-corrected chi connectivity index (χ1v) is 18.7. The molecule has 0 saturated carbocycles. The van der Waals surface area contributed by atoms with Crippen molar-refractivity contribution in [3.63, 3.8) is 0 Å². The van der Waals surface area contributed by atoms with Gasteiger partial charge < -0.3 is 4.90 Å². The van der Waals surface area contributed by atoms with Crippen LogP contribution in [0.3, 0.4) is 0 Å². The van der Waals surface area contributed by atoms with Gasteiger partial charge in [0, 0.05) is 17.1 Å². The van der Waals surface area contributed by atoms with Crippen LogP contribution in [0.25, 0.3) is 23.3 Å². The van der Waals surface area contributed by atoms with Crippen LogP contribution in [0.5, 0.6) is 0 Å². The molecule has 0 radical (unpaired) electrons. The SMILES string of the molecule is C(/C=C/c1cccc(N(c2cccc(C=C(c3ccccc3)c3ccccc3)c2)c2ccc3c(c2)CCCC3)c1)=C(c1ccccc1)c1ccccc1. The third-order valence-electron chi connectivity index (χ3n) is 10.0. The summed E-state index contributed by atoms with van der Waals surface area (Å²) < 4.78 is 0. The number of nitrogens with zero attached hydrogens (tertiary/aromatic N) is 1. The first-order valence-electron chi connectivity index (χ1n) is 18.7. The van der Waals surface area contributed by atoms with Gasteiger partial charge in [-0.2, -0.15) is 0 Å². The van der Waals surface area contributed by atoms with Crippen molar-refractivity contribution in [2.24, 2.45) is 0 Å². The Kier molecular flexibility index (Phi) is 10.3. The van der Waals surface area contributed by atoms with Gasteiger partial charge in [0.25, 0.3) is 0 Å². The lowest BCUT2D eigenvalue weighted by Gasteiger charge is -2.28. The largest absolute Gasteiger partial charge is 0.310 e. The summed E-state index contributed by atoms with van der Waals surface area (Å²) in [7, 11) is 0. The molecule has 1 aliphatic carbocycles. The molecule has 0 bridgehead atoms. The minimum atomic E-state index is 1.13. The predicted octanol–water partition coefficient (Wildman–Crippen LogP) is 13.8. The molecule has 0 aliphatic heterocycles. The Labute approximate surface area is 314 Å². The van der Waals surface area contributed by atoms with E-state index in [4.69, 9.17) is 0 Å². The average molecular weight is 682 g/mol. The summed E-state index contributed by atoms with van der Waals surface area (Å²) in [6, 6.07) is 67.6. The van der Waals surface area contributed by atoms with Crippen molar-refractivity contribution < 1.29 is 0 Å². The van der Waals surface area contributed by atoms with E-state index in [1.165, 1.54) is 69.5 Å². The van der Waals surface area contributed by atoms with E-state index < -0.39 is 0 Å². The lowest BCUT2D eigenvalue weighted by molar-refractivity contribution is 0.685. The molecule has 0 amide bonds. The molecule has 0 atom stereocenters. The average Bonchev–Trinajstić information content (AvgIpc) is 3.23. The van der Waals surface area contributed by atoms with Gasteiger partial charge in [-0.1, -0.05) is 170 Å². The van der Waals surface area contributed by atoms with Crippen molar-refractivity contribution in [1.29, 1.82) is 0 Å². The number of hydrogen-bond acceptors (Lipinski definition) is 1. The van der Waals surface area contributed by atoms with Gasteiger partial charge in [-0.3, -0.25) is 0 Å². The summed E-state index contributed by atoms with van der Waals surface area (Å²) in [5.74, 6) is 0. The summed E-state index contributed by atoms with van der Waals surface area (Å²) in [6.07, 6.45) is 13.8. The first-order chi connectivity index (χ1) is 26.3. The number of rotatable bonds is 10. The molecule has 53 heavy (non-hydrogen) atoms. The molecule has 0 unspecified atom stereocenters. The first kappa shape index (κ1) is 33.7. The molecule has 0 N–H and O–H groups in total. The van der Waals surface area contributed by atoms with E-state index in [2.05, 4.69) is 217 Å². The van der Waals surface area contributed by atoms with Gasteiger partial charge in [0.15, 0.2) is 0 Å². The van der Waals surface area contributed by atoms with Crippen molar-refractivity contribution in [2.75, 3.05) is 4.90 Å².